The summed E-state index contributed by atoms with van der Waals surface area (Å²) >= 11 is 10.7. The largest absolute Gasteiger partial charge is 0.478 e. The van der Waals surface area contributed by atoms with Gasteiger partial charge in [0.2, 0.25) is 0 Å². The van der Waals surface area contributed by atoms with Crippen LogP contribution in [0.25, 0.3) is 0 Å². The van der Waals surface area contributed by atoms with Crippen LogP contribution in [0.5, 0.6) is 0 Å². The second-order valence-electron chi connectivity index (χ2n) is 20.3. The monoisotopic (exact) mass is 1130 g/mol. The molecule has 6 heterocycles. The number of aromatic carboxylic acids is 1. The van der Waals surface area contributed by atoms with E-state index in [1.807, 2.05) is 58.9 Å². The molecule has 6 aromatic carbocycles. The van der Waals surface area contributed by atoms with Crippen LogP contribution < -0.4 is 5.32 Å². The van der Waals surface area contributed by atoms with Crippen molar-refractivity contribution in [3.63, 3.8) is 0 Å². The van der Waals surface area contributed by atoms with Gasteiger partial charge in [0.05, 0.1) is 17.6 Å². The lowest BCUT2D eigenvalue weighted by Crippen LogP contribution is -2.42. The van der Waals surface area contributed by atoms with Crippen molar-refractivity contribution in [2.75, 3.05) is 0 Å². The molecule has 362 valence electrons. The van der Waals surface area contributed by atoms with E-state index >= 15 is 0 Å². The van der Waals surface area contributed by atoms with Gasteiger partial charge < -0.3 is 20.2 Å². The molecule has 2 unspecified atom stereocenters. The normalized spacial score (nSPS) is 21.7. The number of fused-ring (bicyclic) bond motifs is 12. The van der Waals surface area contributed by atoms with Gasteiger partial charge in [0.1, 0.15) is 0 Å². The molecule has 0 saturated carbocycles. The van der Waals surface area contributed by atoms with Crippen molar-refractivity contribution in [2.24, 2.45) is 0 Å². The number of nitrogens with one attached hydrogen (secondary N) is 1. The summed E-state index contributed by atoms with van der Waals surface area (Å²) in [6.45, 7) is 11.8. The van der Waals surface area contributed by atoms with Crippen molar-refractivity contribution >= 4 is 65.6 Å². The number of carboxylic acid groups (broad SMARTS) is 1. The van der Waals surface area contributed by atoms with Gasteiger partial charge in [-0.05, 0) is 204 Å². The van der Waals surface area contributed by atoms with Gasteiger partial charge in [0, 0.05) is 48.7 Å². The molecule has 2 amide bonds. The number of aryl methyl sites for hydroxylation is 6. The van der Waals surface area contributed by atoms with Gasteiger partial charge in [-0.25, -0.2) is 4.79 Å². The van der Waals surface area contributed by atoms with Crippen LogP contribution in [0, 0.1) is 41.5 Å². The third-order valence-corrected chi connectivity index (χ3v) is 16.9. The molecule has 0 aliphatic carbocycles. The van der Waals surface area contributed by atoms with E-state index in [4.69, 9.17) is 5.11 Å². The molecule has 0 radical (unpaired) electrons. The Morgan fingerprint density at radius 3 is 1.30 bits per heavy atom. The number of rotatable bonds is 3. The summed E-state index contributed by atoms with van der Waals surface area (Å²) in [5.74, 6) is -0.458. The first-order chi connectivity index (χ1) is 33.5. The van der Waals surface area contributed by atoms with Gasteiger partial charge in [-0.3, -0.25) is 9.59 Å². The van der Waals surface area contributed by atoms with E-state index < -0.39 is 5.97 Å². The molecular weight excluding hydrogens is 1070 g/mol. The molecule has 70 heavy (non-hydrogen) atoms. The number of carboxylic acids is 1. The van der Waals surface area contributed by atoms with Crippen molar-refractivity contribution in [3.05, 3.63) is 206 Å². The maximum atomic E-state index is 13.2. The standard InChI is InChI=1S/2C20H20BrNO.C11H12BrN.C9H10O2/c2*1-12-3-4-13(2)17(9-12)20(23)22-16-7-8-19(22)18-11-15(21)6-5-14(18)10-16;12-8-2-1-7-5-9-3-4-11(13-9)10(7)6-8;1-6-3-4-7(2)8(5-6)9(10)11/h2*3-6,9,11,16,19H,7-8,10H2,1-2H3;1-2,6,9,11,13H,3-5H2;3-5H,1-2H3,(H,10,11)/t2*16-,19+;;/m10../s1. The van der Waals surface area contributed by atoms with Crippen LogP contribution in [-0.4, -0.2) is 50.8 Å². The third kappa shape index (κ3) is 10.5. The minimum Gasteiger partial charge on any atom is -0.478 e. The SMILES string of the molecule is Brc1ccc2c(c1)C1CCC(C2)N1.Cc1ccc(C)c(C(=O)N2[C@@H]3CC[C@H]2c2cc(Br)ccc2C3)c1.Cc1ccc(C)c(C(=O)N2[C@H]3CC[C@@H]2c2cc(Br)ccc2C3)c1.Cc1ccc(C)c(C(=O)O)c1. The average molecular weight is 1130 g/mol. The summed E-state index contributed by atoms with van der Waals surface area (Å²) in [4.78, 5) is 41.4. The molecule has 0 spiro atoms. The van der Waals surface area contributed by atoms with Gasteiger partial charge in [0.25, 0.3) is 11.8 Å². The Morgan fingerprint density at radius 1 is 0.471 bits per heavy atom. The lowest BCUT2D eigenvalue weighted by atomic mass is 9.92. The summed E-state index contributed by atoms with van der Waals surface area (Å²) in [5.41, 5.74) is 16.9. The summed E-state index contributed by atoms with van der Waals surface area (Å²) in [7, 11) is 0. The summed E-state index contributed by atoms with van der Waals surface area (Å²) in [6, 6.07) is 40.0. The summed E-state index contributed by atoms with van der Waals surface area (Å²) in [6.07, 6.45) is 10.2. The van der Waals surface area contributed by atoms with Crippen molar-refractivity contribution in [3.8, 4) is 0 Å². The highest BCUT2D eigenvalue weighted by Crippen LogP contribution is 2.47. The first kappa shape index (κ1) is 50.1. The van der Waals surface area contributed by atoms with Gasteiger partial charge in [0.15, 0.2) is 0 Å². The van der Waals surface area contributed by atoms with Crippen LogP contribution in [0.2, 0.25) is 0 Å². The van der Waals surface area contributed by atoms with Crippen LogP contribution in [-0.2, 0) is 19.3 Å². The van der Waals surface area contributed by atoms with E-state index in [9.17, 15) is 14.4 Å². The van der Waals surface area contributed by atoms with Crippen LogP contribution in [0.1, 0.15) is 154 Å². The van der Waals surface area contributed by atoms with E-state index in [0.717, 1.165) is 98.0 Å². The Labute approximate surface area is 438 Å². The molecule has 3 fully saturated rings. The second kappa shape index (κ2) is 21.1. The molecule has 10 heteroatoms. The van der Waals surface area contributed by atoms with Crippen molar-refractivity contribution in [2.45, 2.75) is 136 Å². The number of amides is 2. The molecule has 6 aliphatic rings. The smallest absolute Gasteiger partial charge is 0.335 e. The minimum atomic E-state index is -0.855. The van der Waals surface area contributed by atoms with E-state index in [1.54, 1.807) is 18.6 Å². The zero-order valence-corrected chi connectivity index (χ0v) is 45.7. The zero-order chi connectivity index (χ0) is 49.5. The number of benzene rings is 6. The molecule has 6 aliphatic heterocycles. The van der Waals surface area contributed by atoms with E-state index in [2.05, 4.69) is 142 Å². The van der Waals surface area contributed by atoms with Gasteiger partial charge in [-0.1, -0.05) is 119 Å². The molecule has 0 aromatic heterocycles. The molecule has 7 nitrogen and oxygen atoms in total. The fourth-order valence-electron chi connectivity index (χ4n) is 11.8. The topological polar surface area (TPSA) is 90.0 Å². The van der Waals surface area contributed by atoms with E-state index in [-0.39, 0.29) is 23.9 Å². The fourth-order valence-corrected chi connectivity index (χ4v) is 12.9. The predicted octanol–water partition coefficient (Wildman–Crippen LogP) is 14.7. The fraction of sp³-hybridized carbons (Fsp3) is 0.350. The Kier molecular flexibility index (Phi) is 15.1. The Balaban J connectivity index is 0.000000121. The number of halogens is 3. The second-order valence-corrected chi connectivity index (χ2v) is 23.1. The minimum absolute atomic E-state index is 0.198. The Morgan fingerprint density at radius 2 is 0.871 bits per heavy atom. The average Bonchev–Trinajstić information content (AvgIpc) is 4.00. The number of hydrogen-bond acceptors (Lipinski definition) is 4. The molecule has 6 bridgehead atoms. The molecule has 3 saturated heterocycles. The Hall–Kier alpha value is -4.87. The highest BCUT2D eigenvalue weighted by Gasteiger charge is 2.44. The number of carbonyl (C=O) groups is 3. The maximum absolute atomic E-state index is 13.2. The summed E-state index contributed by atoms with van der Waals surface area (Å²) in [5, 5.41) is 12.3. The number of carbonyl (C=O) groups excluding carboxylic acids is 2. The molecule has 12 rings (SSSR count). The van der Waals surface area contributed by atoms with Crippen LogP contribution in [0.15, 0.2) is 123 Å². The third-order valence-electron chi connectivity index (χ3n) is 15.4. The van der Waals surface area contributed by atoms with Crippen LogP contribution >= 0.6 is 47.8 Å². The van der Waals surface area contributed by atoms with Crippen molar-refractivity contribution in [1.29, 1.82) is 0 Å². The van der Waals surface area contributed by atoms with E-state index in [1.165, 1.54) is 51.6 Å². The van der Waals surface area contributed by atoms with Gasteiger partial charge in [-0.2, -0.15) is 0 Å². The summed E-state index contributed by atoms with van der Waals surface area (Å²) < 4.78 is 3.40. The molecule has 6 aromatic rings. The van der Waals surface area contributed by atoms with Crippen LogP contribution in [0.4, 0.5) is 0 Å². The first-order valence-corrected chi connectivity index (χ1v) is 27.1. The molecule has 2 N–H and O–H groups in total. The van der Waals surface area contributed by atoms with Crippen LogP contribution in [0.3, 0.4) is 0 Å². The highest BCUT2D eigenvalue weighted by atomic mass is 79.9. The lowest BCUT2D eigenvalue weighted by Gasteiger charge is -2.37. The lowest BCUT2D eigenvalue weighted by molar-refractivity contribution is 0.0637. The first-order valence-electron chi connectivity index (χ1n) is 24.7. The van der Waals surface area contributed by atoms with Crippen molar-refractivity contribution < 1.29 is 19.5 Å². The highest BCUT2D eigenvalue weighted by molar-refractivity contribution is 9.11. The molecular formula is C60H62Br3N3O4. The zero-order valence-electron chi connectivity index (χ0n) is 40.9. The van der Waals surface area contributed by atoms with E-state index in [0.29, 0.717) is 23.7 Å². The molecule has 6 atom stereocenters. The maximum Gasteiger partial charge on any atom is 0.335 e. The van der Waals surface area contributed by atoms with Gasteiger partial charge >= 0.3 is 5.97 Å². The van der Waals surface area contributed by atoms with Crippen molar-refractivity contribution in [1.82, 2.24) is 15.1 Å². The number of nitrogens with zero attached hydrogens (tertiary/aromatic N) is 2. The number of hydrogen-bond donors (Lipinski definition) is 2. The van der Waals surface area contributed by atoms with Gasteiger partial charge in [-0.15, -0.1) is 0 Å². The Bertz CT molecular complexity index is 2870. The quantitative estimate of drug-likeness (QED) is 0.184. The predicted molar refractivity (Wildman–Crippen MR) is 291 cm³/mol.